The van der Waals surface area contributed by atoms with E-state index in [0.717, 1.165) is 4.90 Å². The highest BCUT2D eigenvalue weighted by molar-refractivity contribution is 5.92. The van der Waals surface area contributed by atoms with Crippen molar-refractivity contribution in [1.82, 2.24) is 4.90 Å². The van der Waals surface area contributed by atoms with Gasteiger partial charge in [0.25, 0.3) is 0 Å². The van der Waals surface area contributed by atoms with Crippen LogP contribution in [-0.4, -0.2) is 41.5 Å². The Hall–Kier alpha value is -2.90. The first-order valence-electron chi connectivity index (χ1n) is 7.24. The molecule has 0 saturated carbocycles. The number of cyclic esters (lactones) is 1. The minimum Gasteiger partial charge on any atom is -0.447 e. The smallest absolute Gasteiger partial charge is 0.416 e. The largest absolute Gasteiger partial charge is 0.447 e. The van der Waals surface area contributed by atoms with E-state index in [9.17, 15) is 19.2 Å². The molecular weight excluding hydrogens is 318 g/mol. The Labute approximate surface area is 138 Å². The molecule has 0 unspecified atom stereocenters. The number of hydrogen-bond acceptors (Lipinski definition) is 7. The molecule has 8 nitrogen and oxygen atoms in total. The second-order valence-electron chi connectivity index (χ2n) is 5.28. The number of imide groups is 1. The van der Waals surface area contributed by atoms with E-state index in [1.54, 1.807) is 12.1 Å². The van der Waals surface area contributed by atoms with E-state index in [0.29, 0.717) is 5.56 Å². The van der Waals surface area contributed by atoms with Crippen LogP contribution in [0, 0.1) is 0 Å². The average Bonchev–Trinajstić information content (AvgIpc) is 2.81. The number of hydrogen-bond donors (Lipinski definition) is 0. The number of ether oxygens (including phenoxy) is 3. The maximum absolute atomic E-state index is 11.6. The van der Waals surface area contributed by atoms with Gasteiger partial charge < -0.3 is 14.2 Å². The summed E-state index contributed by atoms with van der Waals surface area (Å²) in [5.41, 5.74) is 0.579. The second-order valence-corrected chi connectivity index (χ2v) is 5.28. The van der Waals surface area contributed by atoms with Crippen molar-refractivity contribution in [3.63, 3.8) is 0 Å². The standard InChI is InChI=1S/C16H17NO7/c1-9(18)17-13(8-22-16(17)21)6-12-4-5-14(23-10(2)19)7-15(12)24-11(3)20/h4-5,7,13H,6,8H2,1-3H3/t13-/m0/s1. The van der Waals surface area contributed by atoms with Crippen LogP contribution >= 0.6 is 0 Å². The molecule has 0 radical (unpaired) electrons. The number of amides is 2. The third-order valence-corrected chi connectivity index (χ3v) is 3.31. The number of benzene rings is 1. The van der Waals surface area contributed by atoms with E-state index in [-0.39, 0.29) is 24.5 Å². The highest BCUT2D eigenvalue weighted by Gasteiger charge is 2.36. The lowest BCUT2D eigenvalue weighted by Crippen LogP contribution is -2.38. The Bertz CT molecular complexity index is 698. The first-order chi connectivity index (χ1) is 11.3. The predicted molar refractivity (Wildman–Crippen MR) is 80.4 cm³/mol. The van der Waals surface area contributed by atoms with Crippen molar-refractivity contribution in [3.05, 3.63) is 23.8 Å². The Kier molecular flexibility index (Phi) is 5.18. The molecule has 2 rings (SSSR count). The van der Waals surface area contributed by atoms with Crippen LogP contribution in [0.2, 0.25) is 0 Å². The molecule has 1 atom stereocenters. The van der Waals surface area contributed by atoms with Gasteiger partial charge in [0.05, 0.1) is 6.04 Å². The molecule has 0 aromatic heterocycles. The molecule has 0 spiro atoms. The van der Waals surface area contributed by atoms with E-state index in [1.807, 2.05) is 0 Å². The molecule has 8 heteroatoms. The molecule has 1 heterocycles. The zero-order valence-electron chi connectivity index (χ0n) is 13.5. The van der Waals surface area contributed by atoms with E-state index in [2.05, 4.69) is 0 Å². The topological polar surface area (TPSA) is 99.2 Å². The Morgan fingerprint density at radius 1 is 1.17 bits per heavy atom. The summed E-state index contributed by atoms with van der Waals surface area (Å²) in [4.78, 5) is 46.5. The van der Waals surface area contributed by atoms with Crippen LogP contribution in [0.1, 0.15) is 26.3 Å². The van der Waals surface area contributed by atoms with Crippen LogP contribution in [0.5, 0.6) is 11.5 Å². The summed E-state index contributed by atoms with van der Waals surface area (Å²) in [6.45, 7) is 3.83. The van der Waals surface area contributed by atoms with Crippen molar-refractivity contribution in [3.8, 4) is 11.5 Å². The molecule has 1 aromatic rings. The van der Waals surface area contributed by atoms with Gasteiger partial charge in [0.1, 0.15) is 18.1 Å². The van der Waals surface area contributed by atoms with Gasteiger partial charge >= 0.3 is 18.0 Å². The van der Waals surface area contributed by atoms with Crippen molar-refractivity contribution in [2.75, 3.05) is 6.61 Å². The maximum Gasteiger partial charge on any atom is 0.416 e. The lowest BCUT2D eigenvalue weighted by atomic mass is 10.0. The Morgan fingerprint density at radius 2 is 1.83 bits per heavy atom. The van der Waals surface area contributed by atoms with Crippen molar-refractivity contribution in [2.45, 2.75) is 33.2 Å². The quantitative estimate of drug-likeness (QED) is 0.606. The minimum atomic E-state index is -0.696. The van der Waals surface area contributed by atoms with Gasteiger partial charge in [0.2, 0.25) is 5.91 Å². The summed E-state index contributed by atoms with van der Waals surface area (Å²) < 4.78 is 15.0. The van der Waals surface area contributed by atoms with E-state index in [1.165, 1.54) is 26.8 Å². The van der Waals surface area contributed by atoms with Crippen LogP contribution in [0.15, 0.2) is 18.2 Å². The number of nitrogens with zero attached hydrogens (tertiary/aromatic N) is 1. The van der Waals surface area contributed by atoms with Gasteiger partial charge in [-0.1, -0.05) is 6.07 Å². The molecule has 24 heavy (non-hydrogen) atoms. The molecule has 2 amide bonds. The SMILES string of the molecule is CC(=O)Oc1ccc(C[C@H]2COC(=O)N2C(C)=O)c(OC(C)=O)c1. The fourth-order valence-electron chi connectivity index (χ4n) is 2.43. The van der Waals surface area contributed by atoms with Crippen LogP contribution in [0.4, 0.5) is 4.79 Å². The highest BCUT2D eigenvalue weighted by Crippen LogP contribution is 2.28. The van der Waals surface area contributed by atoms with Crippen LogP contribution in [-0.2, 0) is 25.5 Å². The molecule has 1 saturated heterocycles. The van der Waals surface area contributed by atoms with E-state index < -0.39 is 30.0 Å². The van der Waals surface area contributed by atoms with Crippen LogP contribution in [0.25, 0.3) is 0 Å². The van der Waals surface area contributed by atoms with Crippen molar-refractivity contribution < 1.29 is 33.4 Å². The fourth-order valence-corrected chi connectivity index (χ4v) is 2.43. The first-order valence-corrected chi connectivity index (χ1v) is 7.24. The number of rotatable bonds is 4. The number of carbonyl (C=O) groups is 4. The number of carbonyl (C=O) groups excluding carboxylic acids is 4. The molecule has 128 valence electrons. The minimum absolute atomic E-state index is 0.0591. The fraction of sp³-hybridized carbons (Fsp3) is 0.375. The van der Waals surface area contributed by atoms with Gasteiger partial charge in [0, 0.05) is 33.3 Å². The molecule has 0 N–H and O–H groups in total. The second kappa shape index (κ2) is 7.12. The third kappa shape index (κ3) is 4.09. The highest BCUT2D eigenvalue weighted by atomic mass is 16.6. The zero-order chi connectivity index (χ0) is 17.9. The van der Waals surface area contributed by atoms with Crippen molar-refractivity contribution in [2.24, 2.45) is 0 Å². The zero-order valence-corrected chi connectivity index (χ0v) is 13.5. The van der Waals surface area contributed by atoms with Gasteiger partial charge in [-0.3, -0.25) is 14.4 Å². The van der Waals surface area contributed by atoms with E-state index >= 15 is 0 Å². The Balaban J connectivity index is 2.28. The molecule has 1 aromatic carbocycles. The molecule has 1 fully saturated rings. The third-order valence-electron chi connectivity index (χ3n) is 3.31. The van der Waals surface area contributed by atoms with Crippen LogP contribution < -0.4 is 9.47 Å². The van der Waals surface area contributed by atoms with Crippen molar-refractivity contribution >= 4 is 23.9 Å². The molecule has 0 bridgehead atoms. The van der Waals surface area contributed by atoms with Gasteiger partial charge in [-0.2, -0.15) is 0 Å². The lowest BCUT2D eigenvalue weighted by Gasteiger charge is -2.19. The van der Waals surface area contributed by atoms with Gasteiger partial charge in [-0.25, -0.2) is 9.69 Å². The molecule has 1 aliphatic heterocycles. The Morgan fingerprint density at radius 3 is 2.42 bits per heavy atom. The maximum atomic E-state index is 11.6. The van der Waals surface area contributed by atoms with Gasteiger partial charge in [0.15, 0.2) is 0 Å². The summed E-state index contributed by atoms with van der Waals surface area (Å²) in [5, 5.41) is 0. The summed E-state index contributed by atoms with van der Waals surface area (Å²) >= 11 is 0. The normalized spacial score (nSPS) is 16.5. The molecule has 0 aliphatic carbocycles. The summed E-state index contributed by atoms with van der Waals surface area (Å²) in [6, 6.07) is 4.06. The number of esters is 2. The van der Waals surface area contributed by atoms with Gasteiger partial charge in [-0.05, 0) is 11.6 Å². The monoisotopic (exact) mass is 335 g/mol. The lowest BCUT2D eigenvalue weighted by molar-refractivity contribution is -0.132. The summed E-state index contributed by atoms with van der Waals surface area (Å²) in [6.07, 6.45) is -0.452. The molecule has 1 aliphatic rings. The predicted octanol–water partition coefficient (Wildman–Crippen LogP) is 1.45. The molecular formula is C16H17NO7. The summed E-state index contributed by atoms with van der Waals surface area (Å²) in [5.74, 6) is -1.05. The van der Waals surface area contributed by atoms with Crippen molar-refractivity contribution in [1.29, 1.82) is 0 Å². The summed E-state index contributed by atoms with van der Waals surface area (Å²) in [7, 11) is 0. The van der Waals surface area contributed by atoms with E-state index in [4.69, 9.17) is 14.2 Å². The van der Waals surface area contributed by atoms with Crippen LogP contribution in [0.3, 0.4) is 0 Å². The average molecular weight is 335 g/mol. The first kappa shape index (κ1) is 17.5. The van der Waals surface area contributed by atoms with Gasteiger partial charge in [-0.15, -0.1) is 0 Å².